The smallest absolute Gasteiger partial charge is 0.223 e. The van der Waals surface area contributed by atoms with Crippen molar-refractivity contribution in [1.82, 2.24) is 9.80 Å². The van der Waals surface area contributed by atoms with Crippen molar-refractivity contribution in [3.8, 4) is 6.07 Å². The Labute approximate surface area is 140 Å². The number of likely N-dealkylation sites (tertiary alicyclic amines) is 1. The van der Waals surface area contributed by atoms with Gasteiger partial charge in [0.2, 0.25) is 5.91 Å². The molecule has 0 radical (unpaired) electrons. The lowest BCUT2D eigenvalue weighted by Crippen LogP contribution is -2.33. The molecule has 1 aromatic carbocycles. The average Bonchev–Trinajstić information content (AvgIpc) is 2.93. The van der Waals surface area contributed by atoms with Gasteiger partial charge in [-0.25, -0.2) is 8.78 Å². The molecule has 130 valence electrons. The molecular formula is C17H21F2N3O2. The molecule has 1 fully saturated rings. The molecule has 1 N–H and O–H groups in total. The molecule has 7 heteroatoms. The summed E-state index contributed by atoms with van der Waals surface area (Å²) in [5.41, 5.74) is 0.593. The highest BCUT2D eigenvalue weighted by atomic mass is 19.2. The van der Waals surface area contributed by atoms with E-state index in [0.717, 1.165) is 12.1 Å². The number of benzene rings is 1. The molecule has 1 aromatic rings. The number of rotatable bonds is 6. The standard InChI is InChI=1S/C17H21F2N3O2/c1-21(7-2-6-20)17(24)5-8-22-11-13(23)10-16(22)12-3-4-14(18)15(19)9-12/h3-4,9,13,16,23H,2,5,7-8,10-11H2,1H3. The van der Waals surface area contributed by atoms with Crippen molar-refractivity contribution >= 4 is 5.91 Å². The normalized spacial score (nSPS) is 20.8. The van der Waals surface area contributed by atoms with Crippen LogP contribution in [0.15, 0.2) is 18.2 Å². The van der Waals surface area contributed by atoms with Crippen molar-refractivity contribution in [3.05, 3.63) is 35.4 Å². The molecule has 0 saturated carbocycles. The van der Waals surface area contributed by atoms with Gasteiger partial charge < -0.3 is 10.0 Å². The van der Waals surface area contributed by atoms with Gasteiger partial charge in [-0.2, -0.15) is 5.26 Å². The summed E-state index contributed by atoms with van der Waals surface area (Å²) < 4.78 is 26.5. The fourth-order valence-electron chi connectivity index (χ4n) is 2.97. The van der Waals surface area contributed by atoms with E-state index in [-0.39, 0.29) is 24.8 Å². The summed E-state index contributed by atoms with van der Waals surface area (Å²) in [7, 11) is 1.64. The number of aliphatic hydroxyl groups is 1. The van der Waals surface area contributed by atoms with E-state index in [1.54, 1.807) is 7.05 Å². The molecule has 1 aliphatic heterocycles. The SMILES string of the molecule is CN(CCC#N)C(=O)CCN1CC(O)CC1c1ccc(F)c(F)c1. The van der Waals surface area contributed by atoms with E-state index in [0.29, 0.717) is 31.6 Å². The van der Waals surface area contributed by atoms with Crippen molar-refractivity contribution in [2.24, 2.45) is 0 Å². The van der Waals surface area contributed by atoms with Gasteiger partial charge in [0.05, 0.1) is 18.6 Å². The first-order chi connectivity index (χ1) is 11.4. The number of aliphatic hydroxyl groups excluding tert-OH is 1. The van der Waals surface area contributed by atoms with Gasteiger partial charge in [-0.05, 0) is 24.1 Å². The van der Waals surface area contributed by atoms with Gasteiger partial charge >= 0.3 is 0 Å². The first-order valence-corrected chi connectivity index (χ1v) is 7.90. The molecule has 2 unspecified atom stereocenters. The van der Waals surface area contributed by atoms with E-state index in [1.807, 2.05) is 11.0 Å². The van der Waals surface area contributed by atoms with Crippen LogP contribution in [0.2, 0.25) is 0 Å². The lowest BCUT2D eigenvalue weighted by molar-refractivity contribution is -0.130. The van der Waals surface area contributed by atoms with Crippen molar-refractivity contribution < 1.29 is 18.7 Å². The van der Waals surface area contributed by atoms with Crippen LogP contribution in [0.5, 0.6) is 0 Å². The molecule has 0 aliphatic carbocycles. The number of hydrogen-bond donors (Lipinski definition) is 1. The van der Waals surface area contributed by atoms with Crippen molar-refractivity contribution in [1.29, 1.82) is 5.26 Å². The van der Waals surface area contributed by atoms with Gasteiger partial charge in [0.15, 0.2) is 11.6 Å². The van der Waals surface area contributed by atoms with Crippen LogP contribution in [0, 0.1) is 23.0 Å². The van der Waals surface area contributed by atoms with Gasteiger partial charge in [0.1, 0.15) is 0 Å². The maximum atomic E-state index is 13.5. The van der Waals surface area contributed by atoms with Crippen molar-refractivity contribution in [2.45, 2.75) is 31.4 Å². The molecule has 0 bridgehead atoms. The molecule has 24 heavy (non-hydrogen) atoms. The monoisotopic (exact) mass is 337 g/mol. The fraction of sp³-hybridized carbons (Fsp3) is 0.529. The zero-order chi connectivity index (χ0) is 17.7. The van der Waals surface area contributed by atoms with E-state index in [2.05, 4.69) is 0 Å². The summed E-state index contributed by atoms with van der Waals surface area (Å²) in [6, 6.07) is 5.48. The van der Waals surface area contributed by atoms with Crippen molar-refractivity contribution in [3.63, 3.8) is 0 Å². The Morgan fingerprint density at radius 3 is 2.88 bits per heavy atom. The third kappa shape index (κ3) is 4.49. The zero-order valence-electron chi connectivity index (χ0n) is 13.6. The van der Waals surface area contributed by atoms with Crippen molar-refractivity contribution in [2.75, 3.05) is 26.7 Å². The van der Waals surface area contributed by atoms with Crippen LogP contribution in [0.1, 0.15) is 30.9 Å². The Balaban J connectivity index is 1.99. The Hall–Kier alpha value is -2.04. The minimum atomic E-state index is -0.916. The Morgan fingerprint density at radius 2 is 2.21 bits per heavy atom. The summed E-state index contributed by atoms with van der Waals surface area (Å²) in [5.74, 6) is -1.91. The first kappa shape index (κ1) is 18.3. The lowest BCUT2D eigenvalue weighted by Gasteiger charge is -2.25. The van der Waals surface area contributed by atoms with Gasteiger partial charge in [0, 0.05) is 39.1 Å². The number of halogens is 2. The summed E-state index contributed by atoms with van der Waals surface area (Å²) in [5, 5.41) is 18.5. The summed E-state index contributed by atoms with van der Waals surface area (Å²) in [4.78, 5) is 15.5. The molecule has 2 rings (SSSR count). The lowest BCUT2D eigenvalue weighted by atomic mass is 10.0. The maximum absolute atomic E-state index is 13.5. The molecule has 2 atom stereocenters. The Morgan fingerprint density at radius 1 is 1.46 bits per heavy atom. The topological polar surface area (TPSA) is 67.6 Å². The second-order valence-electron chi connectivity index (χ2n) is 6.05. The van der Waals surface area contributed by atoms with E-state index < -0.39 is 17.7 Å². The second kappa shape index (κ2) is 8.18. The quantitative estimate of drug-likeness (QED) is 0.860. The van der Waals surface area contributed by atoms with Crippen LogP contribution >= 0.6 is 0 Å². The molecular weight excluding hydrogens is 316 g/mol. The minimum absolute atomic E-state index is 0.0873. The van der Waals surface area contributed by atoms with E-state index >= 15 is 0 Å². The molecule has 0 aromatic heterocycles. The third-order valence-electron chi connectivity index (χ3n) is 4.31. The number of nitriles is 1. The largest absolute Gasteiger partial charge is 0.392 e. The van der Waals surface area contributed by atoms with Gasteiger partial charge in [-0.15, -0.1) is 0 Å². The predicted molar refractivity (Wildman–Crippen MR) is 83.8 cm³/mol. The maximum Gasteiger partial charge on any atom is 0.223 e. The van der Waals surface area contributed by atoms with Crippen LogP contribution in [-0.2, 0) is 4.79 Å². The van der Waals surface area contributed by atoms with E-state index in [1.165, 1.54) is 11.0 Å². The Bertz CT molecular complexity index is 633. The molecule has 1 aliphatic rings. The van der Waals surface area contributed by atoms with E-state index in [9.17, 15) is 18.7 Å². The average molecular weight is 337 g/mol. The van der Waals surface area contributed by atoms with Gasteiger partial charge in [-0.1, -0.05) is 6.07 Å². The summed E-state index contributed by atoms with van der Waals surface area (Å²) >= 11 is 0. The number of nitrogens with zero attached hydrogens (tertiary/aromatic N) is 3. The van der Waals surface area contributed by atoms with Gasteiger partial charge in [0.25, 0.3) is 0 Å². The third-order valence-corrected chi connectivity index (χ3v) is 4.31. The van der Waals surface area contributed by atoms with Crippen LogP contribution in [0.25, 0.3) is 0 Å². The Kier molecular flexibility index (Phi) is 6.23. The zero-order valence-corrected chi connectivity index (χ0v) is 13.6. The fourth-order valence-corrected chi connectivity index (χ4v) is 2.97. The van der Waals surface area contributed by atoms with E-state index in [4.69, 9.17) is 5.26 Å². The first-order valence-electron chi connectivity index (χ1n) is 7.90. The van der Waals surface area contributed by atoms with Gasteiger partial charge in [-0.3, -0.25) is 9.69 Å². The van der Waals surface area contributed by atoms with Crippen LogP contribution in [0.4, 0.5) is 8.78 Å². The number of β-amino-alcohol motifs (C(OH)–C–C–N with tert-alkyl or cyclic N) is 1. The molecule has 1 heterocycles. The number of carbonyl (C=O) groups is 1. The predicted octanol–water partition coefficient (Wildman–Crippen LogP) is 1.83. The number of carbonyl (C=O) groups excluding carboxylic acids is 1. The number of hydrogen-bond acceptors (Lipinski definition) is 4. The highest BCUT2D eigenvalue weighted by molar-refractivity contribution is 5.76. The molecule has 1 saturated heterocycles. The second-order valence-corrected chi connectivity index (χ2v) is 6.05. The summed E-state index contributed by atoms with van der Waals surface area (Å²) in [6.45, 7) is 1.18. The minimum Gasteiger partial charge on any atom is -0.392 e. The van der Waals surface area contributed by atoms with Crippen LogP contribution in [-0.4, -0.2) is 53.6 Å². The van der Waals surface area contributed by atoms with Crippen LogP contribution < -0.4 is 0 Å². The molecule has 1 amide bonds. The highest BCUT2D eigenvalue weighted by Crippen LogP contribution is 2.32. The molecule has 5 nitrogen and oxygen atoms in total. The summed E-state index contributed by atoms with van der Waals surface area (Å²) in [6.07, 6.45) is 0.384. The molecule has 0 spiro atoms. The number of amides is 1. The highest BCUT2D eigenvalue weighted by Gasteiger charge is 2.32. The van der Waals surface area contributed by atoms with Crippen LogP contribution in [0.3, 0.4) is 0 Å².